The van der Waals surface area contributed by atoms with Crippen LogP contribution < -0.4 is 5.32 Å². The maximum atomic E-state index is 12.3. The van der Waals surface area contributed by atoms with Crippen LogP contribution in [0.2, 0.25) is 0 Å². The number of rotatable bonds is 5. The summed E-state index contributed by atoms with van der Waals surface area (Å²) in [6.45, 7) is 4.34. The number of aliphatic hydroxyl groups excluding tert-OH is 1. The van der Waals surface area contributed by atoms with Crippen LogP contribution in [-0.4, -0.2) is 17.7 Å². The van der Waals surface area contributed by atoms with Crippen LogP contribution in [0.3, 0.4) is 0 Å². The summed E-state index contributed by atoms with van der Waals surface area (Å²) in [4.78, 5) is 0. The zero-order valence-electron chi connectivity index (χ0n) is 10.5. The van der Waals surface area contributed by atoms with Gasteiger partial charge in [0, 0.05) is 12.6 Å². The van der Waals surface area contributed by atoms with Gasteiger partial charge in [0.05, 0.1) is 11.7 Å². The van der Waals surface area contributed by atoms with Crippen LogP contribution in [0.15, 0.2) is 24.3 Å². The van der Waals surface area contributed by atoms with Gasteiger partial charge >= 0.3 is 6.18 Å². The SMILES string of the molecule is CCC(C)NCC(O)c1ccc(C(F)(F)F)cc1. The fraction of sp³-hybridized carbons (Fsp3) is 0.538. The normalized spacial score (nSPS) is 15.4. The Morgan fingerprint density at radius 1 is 1.22 bits per heavy atom. The Kier molecular flexibility index (Phi) is 5.16. The van der Waals surface area contributed by atoms with Crippen molar-refractivity contribution < 1.29 is 18.3 Å². The van der Waals surface area contributed by atoms with Crippen molar-refractivity contribution in [3.63, 3.8) is 0 Å². The number of hydrogen-bond donors (Lipinski definition) is 2. The first kappa shape index (κ1) is 15.0. The molecule has 0 aliphatic carbocycles. The lowest BCUT2D eigenvalue weighted by Gasteiger charge is -2.16. The van der Waals surface area contributed by atoms with Gasteiger partial charge in [0.15, 0.2) is 0 Å². The highest BCUT2D eigenvalue weighted by Crippen LogP contribution is 2.29. The molecule has 1 aromatic rings. The zero-order valence-corrected chi connectivity index (χ0v) is 10.5. The quantitative estimate of drug-likeness (QED) is 0.853. The molecule has 2 N–H and O–H groups in total. The number of benzene rings is 1. The van der Waals surface area contributed by atoms with E-state index in [9.17, 15) is 18.3 Å². The fourth-order valence-electron chi connectivity index (χ4n) is 1.47. The second-order valence-electron chi connectivity index (χ2n) is 4.35. The van der Waals surface area contributed by atoms with Crippen molar-refractivity contribution in [1.29, 1.82) is 0 Å². The van der Waals surface area contributed by atoms with E-state index < -0.39 is 17.8 Å². The fourth-order valence-corrected chi connectivity index (χ4v) is 1.47. The number of halogens is 3. The van der Waals surface area contributed by atoms with E-state index in [-0.39, 0.29) is 6.04 Å². The molecule has 0 aromatic heterocycles. The van der Waals surface area contributed by atoms with Crippen LogP contribution in [0.25, 0.3) is 0 Å². The Hall–Kier alpha value is -1.07. The summed E-state index contributed by atoms with van der Waals surface area (Å²) < 4.78 is 37.0. The second kappa shape index (κ2) is 6.20. The summed E-state index contributed by atoms with van der Waals surface area (Å²) in [6.07, 6.45) is -4.20. The molecule has 0 spiro atoms. The Morgan fingerprint density at radius 3 is 2.22 bits per heavy atom. The van der Waals surface area contributed by atoms with E-state index in [4.69, 9.17) is 0 Å². The number of hydrogen-bond acceptors (Lipinski definition) is 2. The molecular weight excluding hydrogens is 243 g/mol. The van der Waals surface area contributed by atoms with E-state index >= 15 is 0 Å². The van der Waals surface area contributed by atoms with E-state index in [0.29, 0.717) is 12.1 Å². The maximum Gasteiger partial charge on any atom is 0.416 e. The van der Waals surface area contributed by atoms with E-state index in [1.807, 2.05) is 13.8 Å². The standard InChI is InChI=1S/C13H18F3NO/c1-3-9(2)17-8-12(18)10-4-6-11(7-5-10)13(14,15)16/h4-7,9,12,17-18H,3,8H2,1-2H3. The minimum Gasteiger partial charge on any atom is -0.387 e. The molecule has 0 bridgehead atoms. The predicted octanol–water partition coefficient (Wildman–Crippen LogP) is 3.13. The molecule has 0 amide bonds. The Morgan fingerprint density at radius 2 is 1.78 bits per heavy atom. The molecule has 0 fully saturated rings. The first-order valence-corrected chi connectivity index (χ1v) is 5.93. The molecule has 102 valence electrons. The molecule has 2 nitrogen and oxygen atoms in total. The van der Waals surface area contributed by atoms with Gasteiger partial charge in [-0.25, -0.2) is 0 Å². The first-order chi connectivity index (χ1) is 8.34. The molecule has 0 radical (unpaired) electrons. The highest BCUT2D eigenvalue weighted by molar-refractivity contribution is 5.26. The molecular formula is C13H18F3NO. The van der Waals surface area contributed by atoms with Crippen molar-refractivity contribution in [3.05, 3.63) is 35.4 Å². The molecule has 1 aromatic carbocycles. The van der Waals surface area contributed by atoms with Crippen LogP contribution in [0.4, 0.5) is 13.2 Å². The number of nitrogens with one attached hydrogen (secondary N) is 1. The van der Waals surface area contributed by atoms with E-state index in [1.165, 1.54) is 12.1 Å². The van der Waals surface area contributed by atoms with E-state index in [1.54, 1.807) is 0 Å². The van der Waals surface area contributed by atoms with Crippen LogP contribution >= 0.6 is 0 Å². The molecule has 5 heteroatoms. The van der Waals surface area contributed by atoms with Gasteiger partial charge in [-0.05, 0) is 31.0 Å². The lowest BCUT2D eigenvalue weighted by molar-refractivity contribution is -0.137. The van der Waals surface area contributed by atoms with Gasteiger partial charge in [0.2, 0.25) is 0 Å². The summed E-state index contributed by atoms with van der Waals surface area (Å²) in [5.74, 6) is 0. The summed E-state index contributed by atoms with van der Waals surface area (Å²) >= 11 is 0. The second-order valence-corrected chi connectivity index (χ2v) is 4.35. The van der Waals surface area contributed by atoms with Crippen LogP contribution in [0.5, 0.6) is 0 Å². The molecule has 0 aliphatic heterocycles. The summed E-state index contributed by atoms with van der Waals surface area (Å²) in [5.41, 5.74) is -0.216. The minimum atomic E-state index is -4.33. The van der Waals surface area contributed by atoms with Gasteiger partial charge in [-0.1, -0.05) is 19.1 Å². The van der Waals surface area contributed by atoms with Crippen molar-refractivity contribution >= 4 is 0 Å². The van der Waals surface area contributed by atoms with Gasteiger partial charge in [0.25, 0.3) is 0 Å². The van der Waals surface area contributed by atoms with Gasteiger partial charge in [-0.2, -0.15) is 13.2 Å². The van der Waals surface area contributed by atoms with Gasteiger partial charge in [0.1, 0.15) is 0 Å². The van der Waals surface area contributed by atoms with Crippen LogP contribution in [0.1, 0.15) is 37.5 Å². The number of aliphatic hydroxyl groups is 1. The third kappa shape index (κ3) is 4.31. The van der Waals surface area contributed by atoms with E-state index in [2.05, 4.69) is 5.32 Å². The molecule has 2 atom stereocenters. The van der Waals surface area contributed by atoms with Crippen molar-refractivity contribution in [2.24, 2.45) is 0 Å². The van der Waals surface area contributed by atoms with Crippen molar-refractivity contribution in [1.82, 2.24) is 5.32 Å². The molecule has 18 heavy (non-hydrogen) atoms. The Balaban J connectivity index is 2.62. The highest BCUT2D eigenvalue weighted by Gasteiger charge is 2.30. The van der Waals surface area contributed by atoms with Crippen molar-refractivity contribution in [2.75, 3.05) is 6.54 Å². The third-order valence-corrected chi connectivity index (χ3v) is 2.89. The molecule has 0 heterocycles. The highest BCUT2D eigenvalue weighted by atomic mass is 19.4. The molecule has 0 saturated heterocycles. The van der Waals surface area contributed by atoms with Gasteiger partial charge in [-0.15, -0.1) is 0 Å². The topological polar surface area (TPSA) is 32.3 Å². The van der Waals surface area contributed by atoms with Crippen molar-refractivity contribution in [3.8, 4) is 0 Å². The van der Waals surface area contributed by atoms with E-state index in [0.717, 1.165) is 18.6 Å². The maximum absolute atomic E-state index is 12.3. The smallest absolute Gasteiger partial charge is 0.387 e. The largest absolute Gasteiger partial charge is 0.416 e. The predicted molar refractivity (Wildman–Crippen MR) is 64.2 cm³/mol. The first-order valence-electron chi connectivity index (χ1n) is 5.93. The molecule has 0 aliphatic rings. The van der Waals surface area contributed by atoms with Crippen LogP contribution in [-0.2, 0) is 6.18 Å². The average molecular weight is 261 g/mol. The zero-order chi connectivity index (χ0) is 13.8. The summed E-state index contributed by atoms with van der Waals surface area (Å²) in [7, 11) is 0. The van der Waals surface area contributed by atoms with Gasteiger partial charge < -0.3 is 10.4 Å². The summed E-state index contributed by atoms with van der Waals surface area (Å²) in [6, 6.07) is 4.87. The molecule has 2 unspecified atom stereocenters. The monoisotopic (exact) mass is 261 g/mol. The Bertz CT molecular complexity index is 361. The van der Waals surface area contributed by atoms with Crippen molar-refractivity contribution in [2.45, 2.75) is 38.6 Å². The molecule has 0 saturated carbocycles. The minimum absolute atomic E-state index is 0.272. The lowest BCUT2D eigenvalue weighted by Crippen LogP contribution is -2.29. The lowest BCUT2D eigenvalue weighted by atomic mass is 10.1. The molecule has 1 rings (SSSR count). The Labute approximate surface area is 105 Å². The number of alkyl halides is 3. The summed E-state index contributed by atoms with van der Waals surface area (Å²) in [5, 5.41) is 12.9. The third-order valence-electron chi connectivity index (χ3n) is 2.89. The van der Waals surface area contributed by atoms with Crippen LogP contribution in [0, 0.1) is 0 Å². The average Bonchev–Trinajstić information content (AvgIpc) is 2.34. The van der Waals surface area contributed by atoms with Gasteiger partial charge in [-0.3, -0.25) is 0 Å².